The quantitative estimate of drug-likeness (QED) is 0.440. The summed E-state index contributed by atoms with van der Waals surface area (Å²) in [7, 11) is 0. The maximum atomic E-state index is 4.08. The Morgan fingerprint density at radius 2 is 2.11 bits per heavy atom. The van der Waals surface area contributed by atoms with Gasteiger partial charge < -0.3 is 5.32 Å². The first kappa shape index (κ1) is 8.21. The van der Waals surface area contributed by atoms with Gasteiger partial charge >= 0.3 is 0 Å². The van der Waals surface area contributed by atoms with Gasteiger partial charge in [-0.2, -0.15) is 0 Å². The van der Waals surface area contributed by atoms with Crippen LogP contribution in [0.3, 0.4) is 0 Å². The summed E-state index contributed by atoms with van der Waals surface area (Å²) >= 11 is 0. The average Bonchev–Trinajstić information content (AvgIpc) is 1.63. The van der Waals surface area contributed by atoms with E-state index in [0.717, 1.165) is 18.1 Å². The summed E-state index contributed by atoms with van der Waals surface area (Å²) in [6.07, 6.45) is 0. The molecule has 1 N–H and O–H groups in total. The zero-order valence-electron chi connectivity index (χ0n) is 6.36. The van der Waals surface area contributed by atoms with Gasteiger partial charge in [-0.05, 0) is 20.8 Å². The van der Waals surface area contributed by atoms with Crippen molar-refractivity contribution in [2.24, 2.45) is 4.99 Å². The molecule has 0 radical (unpaired) electrons. The lowest BCUT2D eigenvalue weighted by atomic mass is 10.5. The zero-order valence-corrected chi connectivity index (χ0v) is 6.36. The molecule has 0 rings (SSSR count). The van der Waals surface area contributed by atoms with Crippen LogP contribution in [0.2, 0.25) is 0 Å². The Labute approximate surface area is 56.7 Å². The average molecular weight is 126 g/mol. The predicted octanol–water partition coefficient (Wildman–Crippen LogP) is 1.55. The van der Waals surface area contributed by atoms with Gasteiger partial charge in [-0.3, -0.25) is 0 Å². The molecule has 0 saturated heterocycles. The van der Waals surface area contributed by atoms with Gasteiger partial charge in [0, 0.05) is 12.2 Å². The van der Waals surface area contributed by atoms with Crippen molar-refractivity contribution >= 4 is 5.84 Å². The van der Waals surface area contributed by atoms with Crippen LogP contribution in [0, 0.1) is 0 Å². The molecule has 0 fully saturated rings. The molecule has 52 valence electrons. The third-order valence-electron chi connectivity index (χ3n) is 0.791. The third-order valence-corrected chi connectivity index (χ3v) is 0.791. The van der Waals surface area contributed by atoms with Crippen molar-refractivity contribution in [3.05, 3.63) is 12.3 Å². The van der Waals surface area contributed by atoms with Crippen LogP contribution in [0.25, 0.3) is 0 Å². The molecule has 9 heavy (non-hydrogen) atoms. The Hall–Kier alpha value is -0.790. The smallest absolute Gasteiger partial charge is 0.0986 e. The molecule has 2 nitrogen and oxygen atoms in total. The van der Waals surface area contributed by atoms with Crippen LogP contribution >= 0.6 is 0 Å². The molecule has 0 spiro atoms. The molecule has 0 aliphatic heterocycles. The molecular weight excluding hydrogens is 112 g/mol. The number of amidine groups is 1. The van der Waals surface area contributed by atoms with Gasteiger partial charge in [-0.15, -0.1) is 0 Å². The molecule has 0 aromatic rings. The van der Waals surface area contributed by atoms with Crippen LogP contribution in [-0.2, 0) is 0 Å². The van der Waals surface area contributed by atoms with Gasteiger partial charge in [-0.25, -0.2) is 4.99 Å². The molecule has 0 heterocycles. The van der Waals surface area contributed by atoms with Gasteiger partial charge in [-0.1, -0.05) is 6.58 Å². The van der Waals surface area contributed by atoms with Crippen LogP contribution in [0.15, 0.2) is 17.3 Å². The van der Waals surface area contributed by atoms with Gasteiger partial charge in [0.15, 0.2) is 0 Å². The number of aliphatic imine (C=N–C) groups is 1. The van der Waals surface area contributed by atoms with Crippen molar-refractivity contribution in [1.29, 1.82) is 0 Å². The van der Waals surface area contributed by atoms with Gasteiger partial charge in [0.05, 0.1) is 5.84 Å². The molecule has 0 amide bonds. The van der Waals surface area contributed by atoms with E-state index >= 15 is 0 Å². The van der Waals surface area contributed by atoms with Crippen LogP contribution in [0.4, 0.5) is 0 Å². The topological polar surface area (TPSA) is 24.4 Å². The summed E-state index contributed by atoms with van der Waals surface area (Å²) in [5, 5.41) is 3.07. The fourth-order valence-corrected chi connectivity index (χ4v) is 0.582. The molecule has 0 aliphatic carbocycles. The summed E-state index contributed by atoms with van der Waals surface area (Å²) in [5.41, 5.74) is 0.841. The van der Waals surface area contributed by atoms with Crippen molar-refractivity contribution in [2.75, 3.05) is 6.54 Å². The summed E-state index contributed by atoms with van der Waals surface area (Å²) in [6.45, 7) is 10.4. The Morgan fingerprint density at radius 3 is 2.44 bits per heavy atom. The van der Waals surface area contributed by atoms with E-state index < -0.39 is 0 Å². The maximum absolute atomic E-state index is 4.08. The van der Waals surface area contributed by atoms with Crippen LogP contribution in [0.5, 0.6) is 0 Å². The minimum atomic E-state index is 0.841. The van der Waals surface area contributed by atoms with Crippen molar-refractivity contribution in [3.63, 3.8) is 0 Å². The Bertz CT molecular complexity index is 125. The van der Waals surface area contributed by atoms with Crippen LogP contribution < -0.4 is 5.32 Å². The summed E-state index contributed by atoms with van der Waals surface area (Å²) in [5.74, 6) is 0.935. The number of hydrogen-bond acceptors (Lipinski definition) is 1. The largest absolute Gasteiger partial charge is 0.374 e. The first-order valence-electron chi connectivity index (χ1n) is 3.11. The second-order valence-electron chi connectivity index (χ2n) is 1.96. The van der Waals surface area contributed by atoms with E-state index in [0.29, 0.717) is 0 Å². The Morgan fingerprint density at radius 1 is 1.56 bits per heavy atom. The number of allylic oxidation sites excluding steroid dienone is 1. The molecule has 0 bridgehead atoms. The molecule has 0 aromatic heterocycles. The highest BCUT2D eigenvalue weighted by atomic mass is 15.0. The van der Waals surface area contributed by atoms with E-state index in [2.05, 4.69) is 16.9 Å². The minimum absolute atomic E-state index is 0.841. The summed E-state index contributed by atoms with van der Waals surface area (Å²) in [6, 6.07) is 0. The van der Waals surface area contributed by atoms with E-state index in [1.165, 1.54) is 0 Å². The lowest BCUT2D eigenvalue weighted by Crippen LogP contribution is -2.19. The normalized spacial score (nSPS) is 11.2. The predicted molar refractivity (Wildman–Crippen MR) is 41.6 cm³/mol. The highest BCUT2D eigenvalue weighted by Crippen LogP contribution is 1.87. The van der Waals surface area contributed by atoms with Crippen molar-refractivity contribution in [1.82, 2.24) is 5.32 Å². The molecular formula is C7H14N2. The number of nitrogens with one attached hydrogen (secondary N) is 1. The second-order valence-corrected chi connectivity index (χ2v) is 1.96. The molecule has 0 atom stereocenters. The highest BCUT2D eigenvalue weighted by molar-refractivity contribution is 5.80. The minimum Gasteiger partial charge on any atom is -0.374 e. The second kappa shape index (κ2) is 4.13. The fourth-order valence-electron chi connectivity index (χ4n) is 0.582. The van der Waals surface area contributed by atoms with Gasteiger partial charge in [0.1, 0.15) is 0 Å². The van der Waals surface area contributed by atoms with Gasteiger partial charge in [0.25, 0.3) is 0 Å². The number of rotatable bonds is 2. The van der Waals surface area contributed by atoms with Crippen molar-refractivity contribution < 1.29 is 0 Å². The van der Waals surface area contributed by atoms with Crippen molar-refractivity contribution in [3.8, 4) is 0 Å². The summed E-state index contributed by atoms with van der Waals surface area (Å²) in [4.78, 5) is 4.08. The van der Waals surface area contributed by atoms with E-state index in [1.807, 2.05) is 20.8 Å². The molecule has 2 heteroatoms. The molecule has 0 aromatic carbocycles. The monoisotopic (exact) mass is 126 g/mol. The third kappa shape index (κ3) is 5.07. The van der Waals surface area contributed by atoms with Crippen LogP contribution in [-0.4, -0.2) is 12.4 Å². The van der Waals surface area contributed by atoms with E-state index in [-0.39, 0.29) is 0 Å². The van der Waals surface area contributed by atoms with Crippen molar-refractivity contribution in [2.45, 2.75) is 20.8 Å². The van der Waals surface area contributed by atoms with Crippen LogP contribution in [0.1, 0.15) is 20.8 Å². The standard InChI is InChI=1S/C7H14N2/c1-5-8-7(4)9-6(2)3/h2,5H2,1,3-4H3,(H,8,9). The number of nitrogens with zero attached hydrogens (tertiary/aromatic N) is 1. The zero-order chi connectivity index (χ0) is 7.28. The maximum Gasteiger partial charge on any atom is 0.0986 e. The molecule has 0 unspecified atom stereocenters. The number of hydrogen-bond donors (Lipinski definition) is 1. The van der Waals surface area contributed by atoms with E-state index in [9.17, 15) is 0 Å². The first-order valence-corrected chi connectivity index (χ1v) is 3.11. The van der Waals surface area contributed by atoms with Gasteiger partial charge in [0.2, 0.25) is 0 Å². The Kier molecular flexibility index (Phi) is 3.76. The first-order chi connectivity index (χ1) is 4.16. The Balaban J connectivity index is 3.69. The van der Waals surface area contributed by atoms with E-state index in [4.69, 9.17) is 0 Å². The molecule has 0 aliphatic rings. The summed E-state index contributed by atoms with van der Waals surface area (Å²) < 4.78 is 0. The lowest BCUT2D eigenvalue weighted by Gasteiger charge is -1.99. The highest BCUT2D eigenvalue weighted by Gasteiger charge is 1.83. The fraction of sp³-hybridized carbons (Fsp3) is 0.571. The van der Waals surface area contributed by atoms with E-state index in [1.54, 1.807) is 0 Å². The lowest BCUT2D eigenvalue weighted by molar-refractivity contribution is 0.955. The molecule has 0 saturated carbocycles. The SMILES string of the molecule is C=C(C)/N=C(\C)NCC.